The predicted octanol–water partition coefficient (Wildman–Crippen LogP) is 4.37. The lowest BCUT2D eigenvalue weighted by molar-refractivity contribution is -0.384. The quantitative estimate of drug-likeness (QED) is 0.242. The van der Waals surface area contributed by atoms with Crippen molar-refractivity contribution in [3.05, 3.63) is 74.1 Å². The highest BCUT2D eigenvalue weighted by molar-refractivity contribution is 6.24. The van der Waals surface area contributed by atoms with Crippen molar-refractivity contribution >= 4 is 17.3 Å². The fourth-order valence-corrected chi connectivity index (χ4v) is 4.11. The van der Waals surface area contributed by atoms with Gasteiger partial charge in [-0.1, -0.05) is 51.2 Å². The molecule has 2 aliphatic rings. The van der Waals surface area contributed by atoms with Crippen LogP contribution in [0.3, 0.4) is 0 Å². The summed E-state index contributed by atoms with van der Waals surface area (Å²) >= 11 is 0. The first-order valence-corrected chi connectivity index (χ1v) is 10.9. The Kier molecular flexibility index (Phi) is 7.28. The zero-order valence-electron chi connectivity index (χ0n) is 18.3. The normalized spacial score (nSPS) is 18.2. The SMILES string of the molecule is CCCCCCCCC1=C(O)C(=O)C2=C(OC(N)=C(C#N)C2c2ccc([N+](=O)[O-])cc2)C1=O. The van der Waals surface area contributed by atoms with Gasteiger partial charge in [0.15, 0.2) is 11.5 Å². The lowest BCUT2D eigenvalue weighted by atomic mass is 9.76. The van der Waals surface area contributed by atoms with Crippen LogP contribution in [0.4, 0.5) is 5.69 Å². The summed E-state index contributed by atoms with van der Waals surface area (Å²) in [6.07, 6.45) is 6.04. The van der Waals surface area contributed by atoms with Crippen LogP contribution >= 0.6 is 0 Å². The number of hydrogen-bond acceptors (Lipinski definition) is 8. The van der Waals surface area contributed by atoms with Gasteiger partial charge < -0.3 is 15.6 Å². The Balaban J connectivity index is 1.93. The number of allylic oxidation sites excluding steroid dienone is 3. The smallest absolute Gasteiger partial charge is 0.269 e. The Morgan fingerprint density at radius 2 is 1.76 bits per heavy atom. The number of non-ortho nitro benzene ring substituents is 1. The minimum atomic E-state index is -1.09. The molecular formula is C24H25N3O6. The van der Waals surface area contributed by atoms with Crippen LogP contribution in [-0.4, -0.2) is 21.6 Å². The predicted molar refractivity (Wildman–Crippen MR) is 118 cm³/mol. The Bertz CT molecular complexity index is 1120. The number of Topliss-reactive ketones (excluding diaryl/α,β-unsaturated/α-hetero) is 2. The molecule has 9 heteroatoms. The molecular weight excluding hydrogens is 426 g/mol. The van der Waals surface area contributed by atoms with Crippen molar-refractivity contribution in [3.8, 4) is 6.07 Å². The summed E-state index contributed by atoms with van der Waals surface area (Å²) in [7, 11) is 0. The van der Waals surface area contributed by atoms with E-state index < -0.39 is 28.2 Å². The largest absolute Gasteiger partial charge is 0.504 e. The summed E-state index contributed by atoms with van der Waals surface area (Å²) in [6, 6.07) is 7.11. The van der Waals surface area contributed by atoms with Gasteiger partial charge >= 0.3 is 0 Å². The Hall–Kier alpha value is -3.93. The van der Waals surface area contributed by atoms with Crippen molar-refractivity contribution in [1.29, 1.82) is 5.26 Å². The molecule has 1 unspecified atom stereocenters. The molecule has 1 aliphatic carbocycles. The fourth-order valence-electron chi connectivity index (χ4n) is 4.11. The standard InChI is InChI=1S/C24H25N3O6/c1-2-3-4-5-6-7-8-16-20(28)22(30)19-18(14-9-11-15(12-10-14)27(31)32)17(13-25)24(26)33-23(19)21(16)29/h9-12,18,28H,2-8,26H2,1H3. The number of rotatable bonds is 9. The monoisotopic (exact) mass is 451 g/mol. The average molecular weight is 451 g/mol. The second-order valence-electron chi connectivity index (χ2n) is 8.02. The van der Waals surface area contributed by atoms with Gasteiger partial charge in [0.25, 0.3) is 5.69 Å². The number of nitriles is 1. The molecule has 9 nitrogen and oxygen atoms in total. The van der Waals surface area contributed by atoms with Gasteiger partial charge in [-0.05, 0) is 18.4 Å². The van der Waals surface area contributed by atoms with Crippen molar-refractivity contribution in [2.75, 3.05) is 0 Å². The van der Waals surface area contributed by atoms with Crippen LogP contribution in [0.1, 0.15) is 63.4 Å². The van der Waals surface area contributed by atoms with Crippen molar-refractivity contribution in [3.63, 3.8) is 0 Å². The molecule has 0 spiro atoms. The number of aliphatic hydroxyl groups excluding tert-OH is 1. The number of nitro benzene ring substituents is 1. The van der Waals surface area contributed by atoms with E-state index >= 15 is 0 Å². The first-order valence-electron chi connectivity index (χ1n) is 10.9. The minimum absolute atomic E-state index is 0.0232. The van der Waals surface area contributed by atoms with E-state index in [1.165, 1.54) is 24.3 Å². The number of carbonyl (C=O) groups is 2. The van der Waals surface area contributed by atoms with Gasteiger partial charge in [0, 0.05) is 17.7 Å². The number of nitrogens with zero attached hydrogens (tertiary/aromatic N) is 2. The number of nitrogens with two attached hydrogens (primary N) is 1. The van der Waals surface area contributed by atoms with Crippen molar-refractivity contribution < 1.29 is 24.4 Å². The zero-order valence-corrected chi connectivity index (χ0v) is 18.3. The van der Waals surface area contributed by atoms with Gasteiger partial charge in [-0.15, -0.1) is 0 Å². The number of ketones is 2. The molecule has 1 heterocycles. The van der Waals surface area contributed by atoms with Crippen molar-refractivity contribution in [1.82, 2.24) is 0 Å². The van der Waals surface area contributed by atoms with Crippen LogP contribution in [0, 0.1) is 21.4 Å². The van der Waals surface area contributed by atoms with E-state index in [0.29, 0.717) is 12.0 Å². The molecule has 3 N–H and O–H groups in total. The first-order chi connectivity index (χ1) is 15.8. The number of aliphatic hydroxyl groups is 1. The summed E-state index contributed by atoms with van der Waals surface area (Å²) in [4.78, 5) is 36.7. The lowest BCUT2D eigenvalue weighted by Crippen LogP contribution is -2.33. The Morgan fingerprint density at radius 1 is 1.12 bits per heavy atom. The second kappa shape index (κ2) is 10.1. The summed E-state index contributed by atoms with van der Waals surface area (Å²) in [5.41, 5.74) is 5.74. The second-order valence-corrected chi connectivity index (χ2v) is 8.02. The van der Waals surface area contributed by atoms with Crippen LogP contribution in [0.25, 0.3) is 0 Å². The van der Waals surface area contributed by atoms with Gasteiger partial charge in [-0.3, -0.25) is 19.7 Å². The third kappa shape index (κ3) is 4.65. The zero-order chi connectivity index (χ0) is 24.1. The third-order valence-electron chi connectivity index (χ3n) is 5.86. The molecule has 0 saturated heterocycles. The fraction of sp³-hybridized carbons (Fsp3) is 0.375. The highest BCUT2D eigenvalue weighted by Gasteiger charge is 2.45. The van der Waals surface area contributed by atoms with E-state index in [9.17, 15) is 30.1 Å². The highest BCUT2D eigenvalue weighted by atomic mass is 16.6. The highest BCUT2D eigenvalue weighted by Crippen LogP contribution is 2.44. The maximum atomic E-state index is 13.1. The summed E-state index contributed by atoms with van der Waals surface area (Å²) < 4.78 is 5.42. The van der Waals surface area contributed by atoms with Crippen LogP contribution in [0.5, 0.6) is 0 Å². The van der Waals surface area contributed by atoms with Crippen LogP contribution in [-0.2, 0) is 14.3 Å². The molecule has 0 fully saturated rings. The molecule has 1 aliphatic heterocycles. The van der Waals surface area contributed by atoms with Crippen LogP contribution in [0.2, 0.25) is 0 Å². The van der Waals surface area contributed by atoms with E-state index in [1.54, 1.807) is 0 Å². The number of hydrogen-bond donors (Lipinski definition) is 2. The van der Waals surface area contributed by atoms with E-state index in [1.807, 2.05) is 6.07 Å². The number of carbonyl (C=O) groups excluding carboxylic acids is 2. The number of nitro groups is 1. The van der Waals surface area contributed by atoms with Crippen molar-refractivity contribution in [2.45, 2.75) is 57.8 Å². The van der Waals surface area contributed by atoms with E-state index in [2.05, 4.69) is 6.92 Å². The Morgan fingerprint density at radius 3 is 2.36 bits per heavy atom. The molecule has 1 aromatic carbocycles. The molecule has 0 bridgehead atoms. The molecule has 0 aromatic heterocycles. The van der Waals surface area contributed by atoms with Crippen LogP contribution in [0.15, 0.2) is 58.4 Å². The number of ether oxygens (including phenoxy) is 1. The molecule has 172 valence electrons. The summed E-state index contributed by atoms with van der Waals surface area (Å²) in [5.74, 6) is -3.81. The molecule has 1 aromatic rings. The van der Waals surface area contributed by atoms with E-state index in [-0.39, 0.29) is 40.5 Å². The first kappa shape index (κ1) is 23.7. The maximum absolute atomic E-state index is 13.1. The number of benzene rings is 1. The van der Waals surface area contributed by atoms with Crippen molar-refractivity contribution in [2.24, 2.45) is 5.73 Å². The summed E-state index contributed by atoms with van der Waals surface area (Å²) in [6.45, 7) is 2.12. The maximum Gasteiger partial charge on any atom is 0.269 e. The van der Waals surface area contributed by atoms with Gasteiger partial charge in [0.2, 0.25) is 17.4 Å². The Labute approximate surface area is 191 Å². The van der Waals surface area contributed by atoms with Gasteiger partial charge in [0.1, 0.15) is 11.6 Å². The lowest BCUT2D eigenvalue weighted by Gasteiger charge is -2.30. The van der Waals surface area contributed by atoms with Gasteiger partial charge in [-0.25, -0.2) is 0 Å². The number of unbranched alkanes of at least 4 members (excludes halogenated alkanes) is 5. The molecule has 33 heavy (non-hydrogen) atoms. The molecule has 3 rings (SSSR count). The molecule has 0 saturated carbocycles. The third-order valence-corrected chi connectivity index (χ3v) is 5.86. The molecule has 1 atom stereocenters. The molecule has 0 amide bonds. The minimum Gasteiger partial charge on any atom is -0.504 e. The van der Waals surface area contributed by atoms with Gasteiger partial charge in [0.05, 0.1) is 16.4 Å². The van der Waals surface area contributed by atoms with E-state index in [4.69, 9.17) is 10.5 Å². The van der Waals surface area contributed by atoms with E-state index in [0.717, 1.165) is 32.1 Å². The summed E-state index contributed by atoms with van der Waals surface area (Å²) in [5, 5.41) is 31.2. The van der Waals surface area contributed by atoms with Gasteiger partial charge in [-0.2, -0.15) is 5.26 Å². The molecule has 0 radical (unpaired) electrons. The average Bonchev–Trinajstić information content (AvgIpc) is 2.81. The topological polar surface area (TPSA) is 157 Å². The van der Waals surface area contributed by atoms with Crippen LogP contribution < -0.4 is 5.73 Å².